The monoisotopic (exact) mass is 250 g/mol. The first-order valence-electron chi connectivity index (χ1n) is 4.67. The lowest BCUT2D eigenvalue weighted by Gasteiger charge is -2.26. The Kier molecular flexibility index (Phi) is 5.40. The molecule has 1 aliphatic rings. The van der Waals surface area contributed by atoms with Crippen molar-refractivity contribution in [2.24, 2.45) is 5.73 Å². The van der Waals surface area contributed by atoms with Gasteiger partial charge >= 0.3 is 5.97 Å². The molecule has 1 heterocycles. The van der Waals surface area contributed by atoms with Crippen LogP contribution < -0.4 is 5.73 Å². The Bertz CT molecular complexity index is 292. The molecule has 0 spiro atoms. The first-order chi connectivity index (χ1) is 6.99. The quantitative estimate of drug-likeness (QED) is 0.536. The van der Waals surface area contributed by atoms with E-state index in [1.54, 1.807) is 6.92 Å². The van der Waals surface area contributed by atoms with E-state index in [2.05, 4.69) is 4.74 Å². The lowest BCUT2D eigenvalue weighted by atomic mass is 10.1. The number of methoxy groups -OCH3 is 1. The third-order valence-electron chi connectivity index (χ3n) is 2.49. The Hall–Kier alpha value is -1.14. The molecule has 1 aliphatic heterocycles. The number of esters is 1. The summed E-state index contributed by atoms with van der Waals surface area (Å²) in [6.07, 6.45) is 0.383. The number of amides is 2. The minimum absolute atomic E-state index is 0. The predicted octanol–water partition coefficient (Wildman–Crippen LogP) is -0.554. The fourth-order valence-corrected chi connectivity index (χ4v) is 1.54. The van der Waals surface area contributed by atoms with Crippen LogP contribution >= 0.6 is 12.4 Å². The molecule has 2 atom stereocenters. The van der Waals surface area contributed by atoms with E-state index in [4.69, 9.17) is 5.73 Å². The molecule has 7 heteroatoms. The van der Waals surface area contributed by atoms with Gasteiger partial charge in [-0.15, -0.1) is 12.4 Å². The molecular weight excluding hydrogens is 236 g/mol. The van der Waals surface area contributed by atoms with Crippen molar-refractivity contribution in [1.29, 1.82) is 0 Å². The number of nitrogens with zero attached hydrogens (tertiary/aromatic N) is 1. The third-order valence-corrected chi connectivity index (χ3v) is 2.49. The molecule has 1 saturated heterocycles. The maximum Gasteiger partial charge on any atom is 0.324 e. The van der Waals surface area contributed by atoms with Gasteiger partial charge in [-0.25, -0.2) is 0 Å². The van der Waals surface area contributed by atoms with Crippen LogP contribution in [0.15, 0.2) is 0 Å². The Labute approximate surface area is 99.5 Å². The molecule has 2 amide bonds. The topological polar surface area (TPSA) is 89.7 Å². The number of ether oxygens (including phenoxy) is 1. The van der Waals surface area contributed by atoms with Crippen LogP contribution in [0.3, 0.4) is 0 Å². The summed E-state index contributed by atoms with van der Waals surface area (Å²) in [4.78, 5) is 34.8. The van der Waals surface area contributed by atoms with E-state index in [1.807, 2.05) is 0 Å². The average molecular weight is 251 g/mol. The van der Waals surface area contributed by atoms with Gasteiger partial charge in [0.25, 0.3) is 0 Å². The molecule has 0 aliphatic carbocycles. The molecule has 6 nitrogen and oxygen atoms in total. The van der Waals surface area contributed by atoms with Crippen LogP contribution in [0.5, 0.6) is 0 Å². The molecule has 0 saturated carbocycles. The standard InChI is InChI=1S/C9H14N2O4.ClH/c1-5(8(10)9(14)15-2)11-6(12)3-4-7(11)13;/h5,8H,3-4,10H2,1-2H3;1H. The van der Waals surface area contributed by atoms with E-state index in [0.717, 1.165) is 4.90 Å². The fraction of sp³-hybridized carbons (Fsp3) is 0.667. The van der Waals surface area contributed by atoms with Crippen LogP contribution in [0.2, 0.25) is 0 Å². The summed E-state index contributed by atoms with van der Waals surface area (Å²) < 4.78 is 4.45. The SMILES string of the molecule is COC(=O)C(N)C(C)N1C(=O)CCC1=O.Cl. The summed E-state index contributed by atoms with van der Waals surface area (Å²) in [7, 11) is 1.21. The van der Waals surface area contributed by atoms with Crippen molar-refractivity contribution >= 4 is 30.2 Å². The Morgan fingerprint density at radius 1 is 1.38 bits per heavy atom. The van der Waals surface area contributed by atoms with Gasteiger partial charge in [-0.1, -0.05) is 0 Å². The summed E-state index contributed by atoms with van der Waals surface area (Å²) in [6.45, 7) is 1.56. The van der Waals surface area contributed by atoms with Crippen molar-refractivity contribution < 1.29 is 19.1 Å². The Morgan fingerprint density at radius 3 is 2.19 bits per heavy atom. The van der Waals surface area contributed by atoms with Gasteiger partial charge in [-0.2, -0.15) is 0 Å². The van der Waals surface area contributed by atoms with Crippen LogP contribution in [0.4, 0.5) is 0 Å². The van der Waals surface area contributed by atoms with E-state index in [1.165, 1.54) is 7.11 Å². The highest BCUT2D eigenvalue weighted by molar-refractivity contribution is 6.02. The van der Waals surface area contributed by atoms with E-state index >= 15 is 0 Å². The van der Waals surface area contributed by atoms with Gasteiger partial charge < -0.3 is 10.5 Å². The van der Waals surface area contributed by atoms with Crippen LogP contribution in [0, 0.1) is 0 Å². The number of nitrogens with two attached hydrogens (primary N) is 1. The molecular formula is C9H15ClN2O4. The van der Waals surface area contributed by atoms with E-state index in [-0.39, 0.29) is 37.1 Å². The Morgan fingerprint density at radius 2 is 1.81 bits per heavy atom. The van der Waals surface area contributed by atoms with Crippen molar-refractivity contribution in [3.63, 3.8) is 0 Å². The maximum absolute atomic E-state index is 11.3. The molecule has 1 rings (SSSR count). The summed E-state index contributed by atoms with van der Waals surface area (Å²) >= 11 is 0. The smallest absolute Gasteiger partial charge is 0.324 e. The summed E-state index contributed by atoms with van der Waals surface area (Å²) in [5, 5.41) is 0. The minimum atomic E-state index is -0.985. The number of likely N-dealkylation sites (tertiary alicyclic amines) is 1. The van der Waals surface area contributed by atoms with Crippen molar-refractivity contribution in [3.05, 3.63) is 0 Å². The van der Waals surface area contributed by atoms with E-state index in [0.29, 0.717) is 0 Å². The van der Waals surface area contributed by atoms with Crippen molar-refractivity contribution in [1.82, 2.24) is 4.90 Å². The molecule has 0 radical (unpaired) electrons. The van der Waals surface area contributed by atoms with Gasteiger partial charge in [0.05, 0.1) is 13.2 Å². The summed E-state index contributed by atoms with van der Waals surface area (Å²) in [5.41, 5.74) is 5.55. The number of imide groups is 1. The van der Waals surface area contributed by atoms with E-state index in [9.17, 15) is 14.4 Å². The summed E-state index contributed by atoms with van der Waals surface area (Å²) in [6, 6.07) is -1.64. The number of rotatable bonds is 3. The number of carbonyl (C=O) groups excluding carboxylic acids is 3. The fourth-order valence-electron chi connectivity index (χ4n) is 1.54. The van der Waals surface area contributed by atoms with Gasteiger partial charge in [0, 0.05) is 12.8 Å². The minimum Gasteiger partial charge on any atom is -0.468 e. The Balaban J connectivity index is 0.00000225. The number of hydrogen-bond donors (Lipinski definition) is 1. The molecule has 0 bridgehead atoms. The van der Waals surface area contributed by atoms with E-state index < -0.39 is 18.1 Å². The molecule has 0 aromatic rings. The van der Waals surface area contributed by atoms with Crippen LogP contribution in [0.25, 0.3) is 0 Å². The molecule has 2 unspecified atom stereocenters. The van der Waals surface area contributed by atoms with Gasteiger partial charge in [-0.05, 0) is 6.92 Å². The van der Waals surface area contributed by atoms with Crippen LogP contribution in [-0.2, 0) is 19.1 Å². The van der Waals surface area contributed by atoms with Crippen LogP contribution in [0.1, 0.15) is 19.8 Å². The molecule has 16 heavy (non-hydrogen) atoms. The molecule has 92 valence electrons. The second-order valence-electron chi connectivity index (χ2n) is 3.45. The van der Waals surface area contributed by atoms with Gasteiger partial charge in [0.15, 0.2) is 0 Å². The lowest BCUT2D eigenvalue weighted by molar-refractivity contribution is -0.147. The first-order valence-corrected chi connectivity index (χ1v) is 4.67. The number of halogens is 1. The largest absolute Gasteiger partial charge is 0.468 e. The normalized spacial score (nSPS) is 19.1. The zero-order valence-electron chi connectivity index (χ0n) is 9.13. The van der Waals surface area contributed by atoms with Crippen molar-refractivity contribution in [2.75, 3.05) is 7.11 Å². The zero-order valence-corrected chi connectivity index (χ0v) is 9.95. The average Bonchev–Trinajstić information content (AvgIpc) is 2.55. The van der Waals surface area contributed by atoms with Crippen molar-refractivity contribution in [2.45, 2.75) is 31.8 Å². The molecule has 0 aromatic heterocycles. The lowest BCUT2D eigenvalue weighted by Crippen LogP contribution is -2.52. The predicted molar refractivity (Wildman–Crippen MR) is 57.8 cm³/mol. The van der Waals surface area contributed by atoms with Gasteiger partial charge in [0.2, 0.25) is 11.8 Å². The van der Waals surface area contributed by atoms with Gasteiger partial charge in [0.1, 0.15) is 6.04 Å². The second kappa shape index (κ2) is 5.81. The first kappa shape index (κ1) is 14.9. The second-order valence-corrected chi connectivity index (χ2v) is 3.45. The third kappa shape index (κ3) is 2.70. The molecule has 1 fully saturated rings. The molecule has 2 N–H and O–H groups in total. The van der Waals surface area contributed by atoms with Crippen LogP contribution in [-0.4, -0.2) is 41.9 Å². The van der Waals surface area contributed by atoms with Gasteiger partial charge in [-0.3, -0.25) is 19.3 Å². The highest BCUT2D eigenvalue weighted by Crippen LogP contribution is 2.16. The highest BCUT2D eigenvalue weighted by atomic mass is 35.5. The maximum atomic E-state index is 11.3. The van der Waals surface area contributed by atoms with Crippen molar-refractivity contribution in [3.8, 4) is 0 Å². The highest BCUT2D eigenvalue weighted by Gasteiger charge is 2.37. The number of hydrogen-bond acceptors (Lipinski definition) is 5. The zero-order chi connectivity index (χ0) is 11.6. The molecule has 0 aromatic carbocycles. The summed E-state index contributed by atoms with van der Waals surface area (Å²) in [5.74, 6) is -1.20. The number of carbonyl (C=O) groups is 3.